The van der Waals surface area contributed by atoms with Crippen molar-refractivity contribution < 1.29 is 20.9 Å². The second kappa shape index (κ2) is 14.4. The molecule has 3 N–H and O–H groups in total. The monoisotopic (exact) mass is 506 g/mol. The topological polar surface area (TPSA) is 104 Å². The molecule has 1 aliphatic rings. The highest BCUT2D eigenvalue weighted by molar-refractivity contribution is 8.01. The predicted octanol–water partition coefficient (Wildman–Crippen LogP) is 4.61. The number of hydrogen-bond donors (Lipinski definition) is 3. The number of carbonyl (C=O) groups is 2. The molecule has 0 saturated carbocycles. The molecular formula is C24H34N4O4S2. The van der Waals surface area contributed by atoms with Crippen LogP contribution in [0.15, 0.2) is 57.5 Å². The van der Waals surface area contributed by atoms with Gasteiger partial charge in [-0.3, -0.25) is 4.79 Å². The SMILES string of the molecule is CC.CCCN(CCO)C(=O)c1cc(Sc2cnc(NC3=CC=CCN3)s2)ccc1C(=O)OC.[HH]. The molecule has 0 radical (unpaired) electrons. The molecule has 1 amide bonds. The summed E-state index contributed by atoms with van der Waals surface area (Å²) in [6, 6.07) is 5.09. The van der Waals surface area contributed by atoms with Crippen molar-refractivity contribution in [3.63, 3.8) is 0 Å². The number of carbonyl (C=O) groups excluding carboxylic acids is 2. The summed E-state index contributed by atoms with van der Waals surface area (Å²) in [6.45, 7) is 7.26. The fourth-order valence-corrected chi connectivity index (χ4v) is 4.97. The largest absolute Gasteiger partial charge is 0.465 e. The van der Waals surface area contributed by atoms with Crippen LogP contribution >= 0.6 is 23.1 Å². The van der Waals surface area contributed by atoms with Gasteiger partial charge in [-0.2, -0.15) is 0 Å². The predicted molar refractivity (Wildman–Crippen MR) is 140 cm³/mol. The van der Waals surface area contributed by atoms with Gasteiger partial charge in [-0.1, -0.05) is 56.0 Å². The van der Waals surface area contributed by atoms with Gasteiger partial charge in [-0.25, -0.2) is 9.78 Å². The zero-order valence-corrected chi connectivity index (χ0v) is 21.6. The van der Waals surface area contributed by atoms with E-state index >= 15 is 0 Å². The minimum absolute atomic E-state index is 0. The smallest absolute Gasteiger partial charge is 0.338 e. The number of ether oxygens (including phenoxy) is 1. The number of aliphatic hydroxyl groups is 1. The maximum Gasteiger partial charge on any atom is 0.338 e. The Balaban J connectivity index is 0.00000199. The molecule has 0 aliphatic carbocycles. The Morgan fingerprint density at radius 2 is 2.12 bits per heavy atom. The number of nitrogens with one attached hydrogen (secondary N) is 2. The number of anilines is 1. The summed E-state index contributed by atoms with van der Waals surface area (Å²) in [6.07, 6.45) is 8.44. The first-order valence-corrected chi connectivity index (χ1v) is 12.8. The molecule has 2 aromatic rings. The van der Waals surface area contributed by atoms with Gasteiger partial charge >= 0.3 is 5.97 Å². The Kier molecular flexibility index (Phi) is 11.7. The van der Waals surface area contributed by atoms with Crippen molar-refractivity contribution in [1.29, 1.82) is 0 Å². The maximum atomic E-state index is 13.2. The van der Waals surface area contributed by atoms with Crippen LogP contribution in [0.5, 0.6) is 0 Å². The second-order valence-electron chi connectivity index (χ2n) is 6.82. The molecule has 0 atom stereocenters. The number of dihydropyridines is 1. The van der Waals surface area contributed by atoms with E-state index < -0.39 is 5.97 Å². The zero-order chi connectivity index (χ0) is 24.9. The minimum atomic E-state index is -0.572. The van der Waals surface area contributed by atoms with Gasteiger partial charge in [0, 0.05) is 26.0 Å². The molecule has 0 saturated heterocycles. The molecule has 1 aromatic heterocycles. The molecule has 8 nitrogen and oxygen atoms in total. The highest BCUT2D eigenvalue weighted by atomic mass is 32.2. The summed E-state index contributed by atoms with van der Waals surface area (Å²) in [5.74, 6) is 0.00400. The molecule has 3 rings (SSSR count). The van der Waals surface area contributed by atoms with Crippen molar-refractivity contribution in [2.24, 2.45) is 0 Å². The molecule has 34 heavy (non-hydrogen) atoms. The van der Waals surface area contributed by atoms with E-state index in [-0.39, 0.29) is 31.6 Å². The van der Waals surface area contributed by atoms with E-state index in [1.54, 1.807) is 29.3 Å². The van der Waals surface area contributed by atoms with Crippen molar-refractivity contribution in [3.05, 3.63) is 59.6 Å². The summed E-state index contributed by atoms with van der Waals surface area (Å²) in [5.41, 5.74) is 0.464. The Morgan fingerprint density at radius 3 is 2.76 bits per heavy atom. The van der Waals surface area contributed by atoms with Crippen LogP contribution in [-0.2, 0) is 4.74 Å². The van der Waals surface area contributed by atoms with Crippen molar-refractivity contribution in [1.82, 2.24) is 15.2 Å². The number of thiazole rings is 1. The normalized spacial score (nSPS) is 12.1. The van der Waals surface area contributed by atoms with Crippen LogP contribution in [-0.4, -0.2) is 60.2 Å². The third-order valence-electron chi connectivity index (χ3n) is 4.53. The Bertz CT molecular complexity index is 1020. The number of aromatic nitrogens is 1. The van der Waals surface area contributed by atoms with Crippen molar-refractivity contribution >= 4 is 40.1 Å². The molecular weight excluding hydrogens is 472 g/mol. The van der Waals surface area contributed by atoms with E-state index in [0.717, 1.165) is 33.0 Å². The summed E-state index contributed by atoms with van der Waals surface area (Å²) < 4.78 is 5.80. The molecule has 0 bridgehead atoms. The highest BCUT2D eigenvalue weighted by Crippen LogP contribution is 2.35. The van der Waals surface area contributed by atoms with Gasteiger partial charge in [-0.15, -0.1) is 0 Å². The lowest BCUT2D eigenvalue weighted by Crippen LogP contribution is -2.35. The van der Waals surface area contributed by atoms with E-state index in [1.807, 2.05) is 39.0 Å². The van der Waals surface area contributed by atoms with Crippen LogP contribution in [0.1, 0.15) is 49.3 Å². The lowest BCUT2D eigenvalue weighted by Gasteiger charge is -2.22. The van der Waals surface area contributed by atoms with E-state index in [9.17, 15) is 14.7 Å². The molecule has 0 fully saturated rings. The number of aliphatic hydroxyl groups excluding tert-OH is 1. The standard InChI is InChI=1S/C22H26N4O4S2.C2H6.H2/c1-3-10-26(11-12-27)20(28)17-13-15(7-8-16(17)21(29)30-2)31-19-14-24-22(32-19)25-18-6-4-5-9-23-18;1-2;/h4-8,13-14,23,27H,3,9-12H2,1-2H3,(H,24,25);1-2H3;1H. The average molecular weight is 507 g/mol. The van der Waals surface area contributed by atoms with Crippen LogP contribution in [0.4, 0.5) is 5.13 Å². The number of rotatable bonds is 10. The van der Waals surface area contributed by atoms with E-state index in [1.165, 1.54) is 30.2 Å². The average Bonchev–Trinajstić information content (AvgIpc) is 3.31. The van der Waals surface area contributed by atoms with Crippen LogP contribution < -0.4 is 10.6 Å². The Labute approximate surface area is 210 Å². The van der Waals surface area contributed by atoms with E-state index in [2.05, 4.69) is 15.6 Å². The zero-order valence-electron chi connectivity index (χ0n) is 20.0. The van der Waals surface area contributed by atoms with Crippen molar-refractivity contribution in [2.45, 2.75) is 36.3 Å². The Morgan fingerprint density at radius 1 is 1.32 bits per heavy atom. The summed E-state index contributed by atoms with van der Waals surface area (Å²) >= 11 is 2.95. The molecule has 186 valence electrons. The highest BCUT2D eigenvalue weighted by Gasteiger charge is 2.23. The molecule has 1 aliphatic heterocycles. The van der Waals surface area contributed by atoms with Crippen LogP contribution in [0.25, 0.3) is 0 Å². The summed E-state index contributed by atoms with van der Waals surface area (Å²) in [7, 11) is 1.29. The third-order valence-corrected chi connectivity index (χ3v) is 6.53. The van der Waals surface area contributed by atoms with E-state index in [4.69, 9.17) is 4.74 Å². The van der Waals surface area contributed by atoms with Gasteiger partial charge in [0.25, 0.3) is 5.91 Å². The number of methoxy groups -OCH3 is 1. The van der Waals surface area contributed by atoms with Gasteiger partial charge in [0.1, 0.15) is 5.82 Å². The molecule has 1 aromatic carbocycles. The van der Waals surface area contributed by atoms with Gasteiger partial charge in [0.15, 0.2) is 5.13 Å². The molecule has 0 spiro atoms. The number of esters is 1. The lowest BCUT2D eigenvalue weighted by atomic mass is 10.1. The third kappa shape index (κ3) is 7.61. The first-order valence-electron chi connectivity index (χ1n) is 11.2. The first-order chi connectivity index (χ1) is 16.5. The number of allylic oxidation sites excluding steroid dienone is 2. The fourth-order valence-electron chi connectivity index (χ4n) is 3.07. The molecule has 0 unspecified atom stereocenters. The number of hydrogen-bond acceptors (Lipinski definition) is 9. The van der Waals surface area contributed by atoms with Gasteiger partial charge in [-0.05, 0) is 30.7 Å². The first kappa shape index (κ1) is 27.4. The summed E-state index contributed by atoms with van der Waals surface area (Å²) in [5, 5.41) is 16.5. The van der Waals surface area contributed by atoms with Gasteiger partial charge in [0.2, 0.25) is 0 Å². The molecule has 10 heteroatoms. The molecule has 2 heterocycles. The lowest BCUT2D eigenvalue weighted by molar-refractivity contribution is 0.0588. The van der Waals surface area contributed by atoms with Gasteiger partial charge in [0.05, 0.1) is 35.2 Å². The van der Waals surface area contributed by atoms with E-state index in [0.29, 0.717) is 6.54 Å². The maximum absolute atomic E-state index is 13.2. The van der Waals surface area contributed by atoms with Crippen LogP contribution in [0, 0.1) is 0 Å². The van der Waals surface area contributed by atoms with Crippen molar-refractivity contribution in [2.75, 3.05) is 38.7 Å². The van der Waals surface area contributed by atoms with Gasteiger partial charge < -0.3 is 25.4 Å². The minimum Gasteiger partial charge on any atom is -0.465 e. The van der Waals surface area contributed by atoms with Crippen molar-refractivity contribution in [3.8, 4) is 0 Å². The number of nitrogens with zero attached hydrogens (tertiary/aromatic N) is 2. The quantitative estimate of drug-likeness (QED) is 0.402. The second-order valence-corrected chi connectivity index (χ2v) is 9.22. The van der Waals surface area contributed by atoms with Crippen LogP contribution in [0.3, 0.4) is 0 Å². The summed E-state index contributed by atoms with van der Waals surface area (Å²) in [4.78, 5) is 32.2. The fraction of sp³-hybridized carbons (Fsp3) is 0.375. The van der Waals surface area contributed by atoms with Crippen LogP contribution in [0.2, 0.25) is 0 Å². The number of benzene rings is 1. The number of amides is 1. The Hall–Kier alpha value is -2.82.